The summed E-state index contributed by atoms with van der Waals surface area (Å²) in [4.78, 5) is 69.0. The van der Waals surface area contributed by atoms with Crippen molar-refractivity contribution in [3.63, 3.8) is 0 Å². The number of aryl methyl sites for hydroxylation is 2. The number of hydrogen-bond acceptors (Lipinski definition) is 7. The number of rotatable bonds is 9. The van der Waals surface area contributed by atoms with Crippen LogP contribution in [0.3, 0.4) is 0 Å². The van der Waals surface area contributed by atoms with Crippen LogP contribution in [0, 0.1) is 0 Å². The molecular formula is C41H45N4O7+. The largest absolute Gasteiger partial charge is 0.478 e. The number of unbranched alkanes of at least 4 members (excludes halogenated alkanes) is 1. The highest BCUT2D eigenvalue weighted by Gasteiger charge is 2.37. The Bertz CT molecular complexity index is 2170. The molecule has 0 atom stereocenters. The zero-order chi connectivity index (χ0) is 36.9. The molecule has 0 radical (unpaired) electrons. The minimum Gasteiger partial charge on any atom is -0.478 e. The first kappa shape index (κ1) is 35.1. The number of nitrogens with zero attached hydrogens (tertiary/aromatic N) is 3. The van der Waals surface area contributed by atoms with Gasteiger partial charge in [-0.1, -0.05) is 19.9 Å². The van der Waals surface area contributed by atoms with Crippen LogP contribution in [0.1, 0.15) is 113 Å². The third-order valence-corrected chi connectivity index (χ3v) is 11.1. The number of nitrogens with one attached hydrogen (secondary N) is 1. The van der Waals surface area contributed by atoms with Crippen LogP contribution in [-0.2, 0) is 37.5 Å². The fourth-order valence-corrected chi connectivity index (χ4v) is 8.24. The molecule has 3 aromatic rings. The molecule has 7 rings (SSSR count). The average Bonchev–Trinajstić information content (AvgIpc) is 3.43. The number of fused-ring (bicyclic) bond motifs is 4. The molecule has 3 aromatic carbocycles. The third kappa shape index (κ3) is 6.26. The molecule has 0 saturated carbocycles. The number of anilines is 1. The number of carbonyl (C=O) groups excluding carboxylic acids is 4. The molecule has 1 fully saturated rings. The van der Waals surface area contributed by atoms with Crippen LogP contribution >= 0.6 is 0 Å². The smallest absolute Gasteiger partial charge is 0.336 e. The van der Waals surface area contributed by atoms with Crippen molar-refractivity contribution in [2.24, 2.45) is 0 Å². The predicted molar refractivity (Wildman–Crippen MR) is 195 cm³/mol. The van der Waals surface area contributed by atoms with Gasteiger partial charge >= 0.3 is 11.9 Å². The van der Waals surface area contributed by atoms with Gasteiger partial charge in [-0.05, 0) is 101 Å². The first-order valence-corrected chi connectivity index (χ1v) is 18.2. The second-order valence-corrected chi connectivity index (χ2v) is 14.9. The SMILES string of the molecule is CN1CCCc2cc3c(cc21)C(C)(C)c1cc2c(cc1=C3c1ccc(C(=O)NCCCCC(=O)ON3C(=O)CCC3=O)cc1C(=O)O)CCC[N+]=2C. The van der Waals surface area contributed by atoms with Crippen LogP contribution < -0.4 is 25.4 Å². The van der Waals surface area contributed by atoms with Crippen LogP contribution in [0.4, 0.5) is 5.69 Å². The van der Waals surface area contributed by atoms with Gasteiger partial charge in [0.05, 0.1) is 5.56 Å². The summed E-state index contributed by atoms with van der Waals surface area (Å²) in [6.07, 6.45) is 4.83. The van der Waals surface area contributed by atoms with Crippen molar-refractivity contribution in [3.8, 4) is 0 Å². The number of benzene rings is 3. The van der Waals surface area contributed by atoms with Gasteiger partial charge in [0.2, 0.25) is 5.36 Å². The molecule has 0 spiro atoms. The number of carbonyl (C=O) groups is 5. The van der Waals surface area contributed by atoms with Gasteiger partial charge in [0, 0.05) is 74.1 Å². The lowest BCUT2D eigenvalue weighted by Crippen LogP contribution is -2.42. The predicted octanol–water partition coefficient (Wildman–Crippen LogP) is 3.23. The van der Waals surface area contributed by atoms with Crippen molar-refractivity contribution in [1.29, 1.82) is 0 Å². The summed E-state index contributed by atoms with van der Waals surface area (Å²) in [6, 6.07) is 14.1. The molecule has 270 valence electrons. The zero-order valence-corrected chi connectivity index (χ0v) is 30.3. The molecule has 1 aliphatic carbocycles. The van der Waals surface area contributed by atoms with E-state index in [-0.39, 0.29) is 42.3 Å². The van der Waals surface area contributed by atoms with Crippen LogP contribution in [0.2, 0.25) is 0 Å². The van der Waals surface area contributed by atoms with E-state index in [1.54, 1.807) is 12.1 Å². The molecule has 0 unspecified atom stereocenters. The summed E-state index contributed by atoms with van der Waals surface area (Å²) < 4.78 is 2.31. The summed E-state index contributed by atoms with van der Waals surface area (Å²) in [5, 5.41) is 16.2. The van der Waals surface area contributed by atoms with Crippen molar-refractivity contribution in [1.82, 2.24) is 15.0 Å². The van der Waals surface area contributed by atoms with Gasteiger partial charge in [-0.2, -0.15) is 0 Å². The van der Waals surface area contributed by atoms with Crippen molar-refractivity contribution >= 4 is 40.9 Å². The number of hydroxylamine groups is 2. The first-order valence-electron chi connectivity index (χ1n) is 18.2. The topological polar surface area (TPSA) is 136 Å². The van der Waals surface area contributed by atoms with E-state index in [1.807, 2.05) is 0 Å². The van der Waals surface area contributed by atoms with Crippen molar-refractivity contribution in [2.75, 3.05) is 38.6 Å². The molecule has 11 heteroatoms. The van der Waals surface area contributed by atoms with E-state index in [2.05, 4.69) is 67.0 Å². The molecule has 0 aromatic heterocycles. The Morgan fingerprint density at radius 2 is 1.65 bits per heavy atom. The second kappa shape index (κ2) is 13.7. The first-order chi connectivity index (χ1) is 24.8. The van der Waals surface area contributed by atoms with E-state index < -0.39 is 29.7 Å². The summed E-state index contributed by atoms with van der Waals surface area (Å²) in [6.45, 7) is 6.73. The van der Waals surface area contributed by atoms with Gasteiger partial charge in [0.15, 0.2) is 0 Å². The molecule has 3 aliphatic heterocycles. The number of amides is 3. The minimum atomic E-state index is -1.12. The Balaban J connectivity index is 1.21. The number of carboxylic acid groups (broad SMARTS) is 1. The maximum absolute atomic E-state index is 13.3. The molecular weight excluding hydrogens is 660 g/mol. The van der Waals surface area contributed by atoms with Gasteiger partial charge in [-0.3, -0.25) is 14.4 Å². The normalized spacial score (nSPS) is 17.3. The third-order valence-electron chi connectivity index (χ3n) is 11.1. The highest BCUT2D eigenvalue weighted by molar-refractivity contribution is 6.03. The van der Waals surface area contributed by atoms with Crippen molar-refractivity contribution in [3.05, 3.63) is 97.5 Å². The fourth-order valence-electron chi connectivity index (χ4n) is 8.24. The number of aromatic carboxylic acids is 1. The van der Waals surface area contributed by atoms with Crippen LogP contribution in [0.5, 0.6) is 0 Å². The molecule has 52 heavy (non-hydrogen) atoms. The monoisotopic (exact) mass is 705 g/mol. The maximum atomic E-state index is 13.3. The Morgan fingerprint density at radius 1 is 0.904 bits per heavy atom. The molecule has 3 amide bonds. The van der Waals surface area contributed by atoms with E-state index in [9.17, 15) is 29.1 Å². The molecule has 2 N–H and O–H groups in total. The Hall–Kier alpha value is -5.32. The number of carboxylic acids is 1. The quantitative estimate of drug-likeness (QED) is 0.197. The fraction of sp³-hybridized carbons (Fsp3) is 0.415. The summed E-state index contributed by atoms with van der Waals surface area (Å²) in [5.41, 5.74) is 8.44. The molecule has 1 saturated heterocycles. The lowest BCUT2D eigenvalue weighted by atomic mass is 9.67. The molecule has 0 bridgehead atoms. The maximum Gasteiger partial charge on any atom is 0.336 e. The highest BCUT2D eigenvalue weighted by atomic mass is 16.7. The summed E-state index contributed by atoms with van der Waals surface area (Å²) >= 11 is 0. The lowest BCUT2D eigenvalue weighted by Gasteiger charge is -2.38. The van der Waals surface area contributed by atoms with Gasteiger partial charge < -0.3 is 20.2 Å². The van der Waals surface area contributed by atoms with Gasteiger partial charge in [0.1, 0.15) is 13.6 Å². The molecule has 3 heterocycles. The lowest BCUT2D eigenvalue weighted by molar-refractivity contribution is -0.197. The average molecular weight is 706 g/mol. The Morgan fingerprint density at radius 3 is 2.40 bits per heavy atom. The highest BCUT2D eigenvalue weighted by Crippen LogP contribution is 2.44. The molecule has 11 nitrogen and oxygen atoms in total. The number of hydrogen-bond donors (Lipinski definition) is 2. The van der Waals surface area contributed by atoms with E-state index in [0.29, 0.717) is 23.5 Å². The standard InChI is InChI=1S/C41H44N4O7/c1-41(2)31-22-33-24(9-7-17-43(33)3)19-29(31)38(30-20-25-10-8-18-44(4)34(25)23-32(30)41)27-13-12-26(21-28(27)40(50)51)39(49)42-16-6-5-11-37(48)52-45-35(46)14-15-36(45)47/h12-13,19-23H,5-11,14-18H2,1-4H3,(H-,42,49,50,51)/p+1. The van der Waals surface area contributed by atoms with Gasteiger partial charge in [0.25, 0.3) is 17.7 Å². The zero-order valence-electron chi connectivity index (χ0n) is 30.3. The van der Waals surface area contributed by atoms with Crippen LogP contribution in [0.25, 0.3) is 5.57 Å². The molecule has 4 aliphatic rings. The van der Waals surface area contributed by atoms with Crippen LogP contribution in [-0.4, -0.2) is 73.6 Å². The second-order valence-electron chi connectivity index (χ2n) is 14.9. The Kier molecular flexibility index (Phi) is 9.23. The van der Waals surface area contributed by atoms with E-state index in [0.717, 1.165) is 66.3 Å². The number of imide groups is 1. The van der Waals surface area contributed by atoms with Gasteiger partial charge in [-0.15, -0.1) is 5.06 Å². The van der Waals surface area contributed by atoms with Crippen molar-refractivity contribution in [2.45, 2.75) is 77.0 Å². The van der Waals surface area contributed by atoms with Crippen molar-refractivity contribution < 1.29 is 33.9 Å². The Labute approximate surface area is 302 Å². The van der Waals surface area contributed by atoms with Crippen LogP contribution in [0.15, 0.2) is 42.5 Å². The van der Waals surface area contributed by atoms with E-state index in [4.69, 9.17) is 4.84 Å². The summed E-state index contributed by atoms with van der Waals surface area (Å²) in [5.74, 6) is -3.29. The van der Waals surface area contributed by atoms with Gasteiger partial charge in [-0.25, -0.2) is 14.2 Å². The van der Waals surface area contributed by atoms with E-state index in [1.165, 1.54) is 28.2 Å². The summed E-state index contributed by atoms with van der Waals surface area (Å²) in [7, 11) is 4.26. The minimum absolute atomic E-state index is 0.0256. The van der Waals surface area contributed by atoms with E-state index >= 15 is 0 Å².